The minimum absolute atomic E-state index is 0.00207. The van der Waals surface area contributed by atoms with Crippen molar-refractivity contribution in [1.82, 2.24) is 14.1 Å². The van der Waals surface area contributed by atoms with Crippen molar-refractivity contribution in [2.75, 3.05) is 6.79 Å². The molecule has 0 saturated carbocycles. The van der Waals surface area contributed by atoms with Gasteiger partial charge in [-0.3, -0.25) is 13.7 Å². The average molecular weight is 431 g/mol. The summed E-state index contributed by atoms with van der Waals surface area (Å²) >= 11 is 0. The molecule has 0 unspecified atom stereocenters. The van der Waals surface area contributed by atoms with Crippen LogP contribution in [0.4, 0.5) is 4.39 Å². The number of hydrogen-bond donors (Lipinski definition) is 2. The van der Waals surface area contributed by atoms with Crippen molar-refractivity contribution in [3.8, 4) is 11.5 Å². The first-order chi connectivity index (χ1) is 14.3. The Bertz CT molecular complexity index is 1450. The predicted octanol–water partition coefficient (Wildman–Crippen LogP) is 1.61. The highest BCUT2D eigenvalue weighted by Gasteiger charge is 2.24. The Morgan fingerprint density at radius 1 is 1.23 bits per heavy atom. The van der Waals surface area contributed by atoms with Crippen molar-refractivity contribution in [3.63, 3.8) is 0 Å². The van der Waals surface area contributed by atoms with Crippen LogP contribution in [0.2, 0.25) is 0 Å². The van der Waals surface area contributed by atoms with Gasteiger partial charge < -0.3 is 19.3 Å². The first-order valence-corrected chi connectivity index (χ1v) is 10.5. The summed E-state index contributed by atoms with van der Waals surface area (Å²) in [7, 11) is -3.11. The summed E-state index contributed by atoms with van der Waals surface area (Å²) in [6.45, 7) is 0.0864. The number of ether oxygens (including phenoxy) is 2. The van der Waals surface area contributed by atoms with Crippen LogP contribution in [-0.2, 0) is 18.2 Å². The Morgan fingerprint density at radius 2 is 2.03 bits per heavy atom. The van der Waals surface area contributed by atoms with Crippen molar-refractivity contribution in [1.29, 1.82) is 0 Å². The summed E-state index contributed by atoms with van der Waals surface area (Å²) in [6.07, 6.45) is 1.56. The summed E-state index contributed by atoms with van der Waals surface area (Å²) in [4.78, 5) is 35.8. The van der Waals surface area contributed by atoms with E-state index in [1.54, 1.807) is 25.4 Å². The van der Waals surface area contributed by atoms with Gasteiger partial charge in [0.1, 0.15) is 11.3 Å². The molecule has 0 amide bonds. The lowest BCUT2D eigenvalue weighted by atomic mass is 10.1. The molecule has 9 nitrogen and oxygen atoms in total. The van der Waals surface area contributed by atoms with Gasteiger partial charge in [0, 0.05) is 12.4 Å². The van der Waals surface area contributed by atoms with Gasteiger partial charge in [-0.2, -0.15) is 0 Å². The lowest BCUT2D eigenvalue weighted by molar-refractivity contribution is 0.174. The predicted molar refractivity (Wildman–Crippen MR) is 106 cm³/mol. The van der Waals surface area contributed by atoms with E-state index in [4.69, 9.17) is 9.47 Å². The molecule has 0 spiro atoms. The third kappa shape index (κ3) is 2.72. The van der Waals surface area contributed by atoms with Gasteiger partial charge in [0.2, 0.25) is 6.79 Å². The summed E-state index contributed by atoms with van der Waals surface area (Å²) in [5.74, 6) is 0.0348. The smallest absolute Gasteiger partial charge is 0.359 e. The fourth-order valence-electron chi connectivity index (χ4n) is 3.72. The monoisotopic (exact) mass is 431 g/mol. The van der Waals surface area contributed by atoms with Gasteiger partial charge in [0.05, 0.1) is 29.1 Å². The first-order valence-electron chi connectivity index (χ1n) is 8.87. The first kappa shape index (κ1) is 18.8. The third-order valence-corrected chi connectivity index (χ3v) is 6.13. The second-order valence-electron chi connectivity index (χ2n) is 6.95. The van der Waals surface area contributed by atoms with Crippen LogP contribution < -0.4 is 20.5 Å². The number of nitrogens with zero attached hydrogens (tertiary/aromatic N) is 3. The standard InChI is InChI=1S/C19H15FN3O6P/c1-22-13-7-21-16-11(3-4-14-18(16)29-9-28-14)17(13)23(19(22)24)8-10-2-5-15(12(20)6-10)30(25,26)27/h2-7H,8-9H2,1H3,(H2,25,26,27). The third-order valence-electron chi connectivity index (χ3n) is 5.14. The molecule has 4 aromatic rings. The van der Waals surface area contributed by atoms with Gasteiger partial charge >= 0.3 is 13.3 Å². The molecule has 5 rings (SSSR count). The van der Waals surface area contributed by atoms with Crippen molar-refractivity contribution >= 4 is 34.8 Å². The molecule has 1 aliphatic rings. The molecule has 0 radical (unpaired) electrons. The van der Waals surface area contributed by atoms with E-state index in [-0.39, 0.29) is 19.0 Å². The van der Waals surface area contributed by atoms with Crippen LogP contribution in [0.15, 0.2) is 41.3 Å². The van der Waals surface area contributed by atoms with E-state index in [9.17, 15) is 23.5 Å². The van der Waals surface area contributed by atoms with Crippen LogP contribution in [-0.4, -0.2) is 30.7 Å². The number of hydrogen-bond acceptors (Lipinski definition) is 5. The fraction of sp³-hybridized carbons (Fsp3) is 0.158. The molecule has 0 saturated heterocycles. The molecule has 2 aromatic heterocycles. The van der Waals surface area contributed by atoms with E-state index in [0.717, 1.165) is 12.1 Å². The van der Waals surface area contributed by atoms with Crippen molar-refractivity contribution in [2.24, 2.45) is 7.05 Å². The van der Waals surface area contributed by atoms with Crippen LogP contribution in [0.3, 0.4) is 0 Å². The molecular weight excluding hydrogens is 416 g/mol. The summed E-state index contributed by atoms with van der Waals surface area (Å²) in [6, 6.07) is 6.98. The molecule has 11 heteroatoms. The zero-order valence-electron chi connectivity index (χ0n) is 15.6. The second-order valence-corrected chi connectivity index (χ2v) is 8.51. The minimum Gasteiger partial charge on any atom is -0.454 e. The fourth-order valence-corrected chi connectivity index (χ4v) is 4.34. The van der Waals surface area contributed by atoms with Gasteiger partial charge in [0.15, 0.2) is 11.5 Å². The number of fused-ring (bicyclic) bond motifs is 5. The quantitative estimate of drug-likeness (QED) is 0.474. The van der Waals surface area contributed by atoms with Crippen LogP contribution in [0.5, 0.6) is 11.5 Å². The molecule has 2 aromatic carbocycles. The molecule has 30 heavy (non-hydrogen) atoms. The highest BCUT2D eigenvalue weighted by molar-refractivity contribution is 7.60. The van der Waals surface area contributed by atoms with E-state index >= 15 is 0 Å². The maximum absolute atomic E-state index is 14.2. The number of halogens is 1. The van der Waals surface area contributed by atoms with E-state index < -0.39 is 18.7 Å². The van der Waals surface area contributed by atoms with Crippen molar-refractivity contribution in [3.05, 3.63) is 58.4 Å². The molecule has 0 bridgehead atoms. The molecule has 0 atom stereocenters. The molecule has 3 heterocycles. The van der Waals surface area contributed by atoms with E-state index in [2.05, 4.69) is 4.98 Å². The molecule has 0 aliphatic carbocycles. The average Bonchev–Trinajstić information content (AvgIpc) is 3.26. The molecule has 2 N–H and O–H groups in total. The number of pyridine rings is 1. The summed E-state index contributed by atoms with van der Waals surface area (Å²) in [5.41, 5.74) is 1.75. The van der Waals surface area contributed by atoms with Gasteiger partial charge in [0.25, 0.3) is 0 Å². The summed E-state index contributed by atoms with van der Waals surface area (Å²) < 4.78 is 39.4. The van der Waals surface area contributed by atoms with Crippen LogP contribution in [0, 0.1) is 5.82 Å². The lowest BCUT2D eigenvalue weighted by Gasteiger charge is -2.10. The zero-order valence-corrected chi connectivity index (χ0v) is 16.5. The number of imidazole rings is 1. The van der Waals surface area contributed by atoms with Gasteiger partial charge in [-0.1, -0.05) is 6.07 Å². The molecule has 0 fully saturated rings. The largest absolute Gasteiger partial charge is 0.454 e. The maximum atomic E-state index is 14.2. The van der Waals surface area contributed by atoms with Crippen molar-refractivity contribution < 1.29 is 28.2 Å². The maximum Gasteiger partial charge on any atom is 0.359 e. The topological polar surface area (TPSA) is 116 Å². The Balaban J connectivity index is 1.71. The van der Waals surface area contributed by atoms with Gasteiger partial charge in [-0.25, -0.2) is 14.2 Å². The van der Waals surface area contributed by atoms with Gasteiger partial charge in [-0.15, -0.1) is 0 Å². The molecule has 1 aliphatic heterocycles. The number of aromatic nitrogens is 3. The molecular formula is C19H15FN3O6P. The Hall–Kier alpha value is -3.20. The number of rotatable bonds is 3. The Morgan fingerprint density at radius 3 is 2.77 bits per heavy atom. The minimum atomic E-state index is -4.72. The van der Waals surface area contributed by atoms with E-state index in [1.165, 1.54) is 15.2 Å². The normalized spacial score (nSPS) is 13.5. The second kappa shape index (κ2) is 6.40. The summed E-state index contributed by atoms with van der Waals surface area (Å²) in [5, 5.41) is -0.0133. The SMILES string of the molecule is Cn1c(=O)n(Cc2ccc(P(=O)(O)O)c(F)c2)c2c3ccc4c(c3ncc21)OCO4. The van der Waals surface area contributed by atoms with Crippen LogP contribution in [0.1, 0.15) is 5.56 Å². The number of aryl methyl sites for hydroxylation is 1. The molecule has 154 valence electrons. The van der Waals surface area contributed by atoms with Crippen molar-refractivity contribution in [2.45, 2.75) is 6.54 Å². The van der Waals surface area contributed by atoms with Crippen LogP contribution in [0.25, 0.3) is 21.9 Å². The Labute approximate surface area is 168 Å². The van der Waals surface area contributed by atoms with Gasteiger partial charge in [-0.05, 0) is 29.8 Å². The van der Waals surface area contributed by atoms with E-state index in [1.807, 2.05) is 0 Å². The highest BCUT2D eigenvalue weighted by Crippen LogP contribution is 2.40. The Kier molecular flexibility index (Phi) is 4.01. The van der Waals surface area contributed by atoms with Crippen LogP contribution >= 0.6 is 7.60 Å². The number of benzene rings is 2. The zero-order chi connectivity index (χ0) is 21.2. The highest BCUT2D eigenvalue weighted by atomic mass is 31.2. The lowest BCUT2D eigenvalue weighted by Crippen LogP contribution is -2.23. The van der Waals surface area contributed by atoms with E-state index in [0.29, 0.717) is 39.0 Å².